The molecule has 2 heterocycles. The number of aryl methyl sites for hydroxylation is 1. The molecule has 142 valence electrons. The largest absolute Gasteiger partial charge is 0.339 e. The van der Waals surface area contributed by atoms with Crippen LogP contribution in [0.4, 0.5) is 5.69 Å². The van der Waals surface area contributed by atoms with Crippen LogP contribution in [0.2, 0.25) is 0 Å². The van der Waals surface area contributed by atoms with Gasteiger partial charge in [-0.1, -0.05) is 17.7 Å². The standard InChI is InChI=1S/C21H24N2O3S/c1-16-5-8-19(9-6-16)27(25,26)23-14-11-17-15-18(7-10-20(17)23)21(24)22-12-3-2-4-13-22/h5-10,15H,2-4,11-14H2,1H3. The van der Waals surface area contributed by atoms with E-state index in [4.69, 9.17) is 0 Å². The van der Waals surface area contributed by atoms with Crippen molar-refractivity contribution in [1.29, 1.82) is 0 Å². The van der Waals surface area contributed by atoms with Crippen molar-refractivity contribution in [2.45, 2.75) is 37.5 Å². The Morgan fingerprint density at radius 3 is 2.33 bits per heavy atom. The zero-order valence-electron chi connectivity index (χ0n) is 15.5. The molecular weight excluding hydrogens is 360 g/mol. The second-order valence-electron chi connectivity index (χ2n) is 7.34. The number of nitrogens with zero attached hydrogens (tertiary/aromatic N) is 2. The number of sulfonamides is 1. The number of rotatable bonds is 3. The van der Waals surface area contributed by atoms with Gasteiger partial charge in [-0.3, -0.25) is 9.10 Å². The molecule has 0 spiro atoms. The predicted molar refractivity (Wildman–Crippen MR) is 106 cm³/mol. The Morgan fingerprint density at radius 2 is 1.63 bits per heavy atom. The number of hydrogen-bond donors (Lipinski definition) is 0. The summed E-state index contributed by atoms with van der Waals surface area (Å²) in [5.41, 5.74) is 3.29. The number of piperidine rings is 1. The quantitative estimate of drug-likeness (QED) is 0.815. The van der Waals surface area contributed by atoms with Crippen molar-refractivity contribution in [1.82, 2.24) is 4.90 Å². The molecule has 6 heteroatoms. The highest BCUT2D eigenvalue weighted by Gasteiger charge is 2.31. The molecule has 2 aromatic carbocycles. The minimum Gasteiger partial charge on any atom is -0.339 e. The first kappa shape index (κ1) is 18.0. The molecule has 2 aromatic rings. The van der Waals surface area contributed by atoms with E-state index in [9.17, 15) is 13.2 Å². The molecule has 0 radical (unpaired) electrons. The number of likely N-dealkylation sites (tertiary alicyclic amines) is 1. The predicted octanol–water partition coefficient (Wildman–Crippen LogP) is 3.37. The highest BCUT2D eigenvalue weighted by atomic mass is 32.2. The monoisotopic (exact) mass is 384 g/mol. The lowest BCUT2D eigenvalue weighted by atomic mass is 10.1. The summed E-state index contributed by atoms with van der Waals surface area (Å²) < 4.78 is 27.5. The third-order valence-electron chi connectivity index (χ3n) is 5.43. The molecule has 1 amide bonds. The van der Waals surface area contributed by atoms with Crippen LogP contribution in [0.25, 0.3) is 0 Å². The minimum atomic E-state index is -3.58. The number of carbonyl (C=O) groups is 1. The summed E-state index contributed by atoms with van der Waals surface area (Å²) in [6.45, 7) is 3.96. The van der Waals surface area contributed by atoms with E-state index in [2.05, 4.69) is 0 Å². The zero-order chi connectivity index (χ0) is 19.0. The van der Waals surface area contributed by atoms with Crippen molar-refractivity contribution >= 4 is 21.6 Å². The van der Waals surface area contributed by atoms with Crippen LogP contribution in [0.15, 0.2) is 47.4 Å². The summed E-state index contributed by atoms with van der Waals surface area (Å²) in [5.74, 6) is 0.0531. The summed E-state index contributed by atoms with van der Waals surface area (Å²) in [7, 11) is -3.58. The smallest absolute Gasteiger partial charge is 0.264 e. The van der Waals surface area contributed by atoms with E-state index < -0.39 is 10.0 Å². The van der Waals surface area contributed by atoms with Gasteiger partial charge in [-0.25, -0.2) is 8.42 Å². The second kappa shape index (κ2) is 7.00. The second-order valence-corrected chi connectivity index (χ2v) is 9.20. The topological polar surface area (TPSA) is 57.7 Å². The molecule has 0 aromatic heterocycles. The van der Waals surface area contributed by atoms with Gasteiger partial charge in [0.2, 0.25) is 0 Å². The summed E-state index contributed by atoms with van der Waals surface area (Å²) in [6, 6.07) is 12.3. The van der Waals surface area contributed by atoms with Crippen molar-refractivity contribution in [3.05, 3.63) is 59.2 Å². The Morgan fingerprint density at radius 1 is 0.926 bits per heavy atom. The van der Waals surface area contributed by atoms with Crippen LogP contribution < -0.4 is 4.31 Å². The van der Waals surface area contributed by atoms with Gasteiger partial charge >= 0.3 is 0 Å². The number of hydrogen-bond acceptors (Lipinski definition) is 3. The maximum absolute atomic E-state index is 13.0. The molecule has 0 atom stereocenters. The Hall–Kier alpha value is -2.34. The Bertz CT molecular complexity index is 961. The van der Waals surface area contributed by atoms with Crippen molar-refractivity contribution in [3.8, 4) is 0 Å². The minimum absolute atomic E-state index is 0.0531. The normalized spacial score (nSPS) is 17.1. The van der Waals surface area contributed by atoms with Crippen LogP contribution >= 0.6 is 0 Å². The van der Waals surface area contributed by atoms with Gasteiger partial charge in [0.05, 0.1) is 10.6 Å². The van der Waals surface area contributed by atoms with Gasteiger partial charge in [-0.05, 0) is 68.5 Å². The number of anilines is 1. The molecule has 27 heavy (non-hydrogen) atoms. The van der Waals surface area contributed by atoms with Crippen LogP contribution in [0.1, 0.15) is 40.7 Å². The van der Waals surface area contributed by atoms with E-state index in [-0.39, 0.29) is 5.91 Å². The Balaban J connectivity index is 1.61. The van der Waals surface area contributed by atoms with E-state index in [1.807, 2.05) is 30.0 Å². The van der Waals surface area contributed by atoms with Crippen molar-refractivity contribution in [2.24, 2.45) is 0 Å². The third kappa shape index (κ3) is 3.34. The molecule has 5 nitrogen and oxygen atoms in total. The average Bonchev–Trinajstić information content (AvgIpc) is 3.12. The van der Waals surface area contributed by atoms with Crippen LogP contribution in [0.3, 0.4) is 0 Å². The third-order valence-corrected chi connectivity index (χ3v) is 7.26. The summed E-state index contributed by atoms with van der Waals surface area (Å²) in [5, 5.41) is 0. The maximum Gasteiger partial charge on any atom is 0.264 e. The molecule has 4 rings (SSSR count). The van der Waals surface area contributed by atoms with Gasteiger partial charge in [0.15, 0.2) is 0 Å². The number of fused-ring (bicyclic) bond motifs is 1. The molecule has 0 aliphatic carbocycles. The highest BCUT2D eigenvalue weighted by molar-refractivity contribution is 7.92. The molecule has 2 aliphatic rings. The first-order valence-electron chi connectivity index (χ1n) is 9.48. The van der Waals surface area contributed by atoms with E-state index >= 15 is 0 Å². The molecule has 2 aliphatic heterocycles. The molecule has 1 fully saturated rings. The van der Waals surface area contributed by atoms with Gasteiger partial charge in [-0.15, -0.1) is 0 Å². The lowest BCUT2D eigenvalue weighted by Crippen LogP contribution is -2.35. The molecule has 0 saturated carbocycles. The van der Waals surface area contributed by atoms with Crippen LogP contribution in [-0.2, 0) is 16.4 Å². The Kier molecular flexibility index (Phi) is 4.68. The van der Waals surface area contributed by atoms with Crippen molar-refractivity contribution < 1.29 is 13.2 Å². The lowest BCUT2D eigenvalue weighted by molar-refractivity contribution is 0.0724. The first-order valence-corrected chi connectivity index (χ1v) is 10.9. The number of benzene rings is 2. The summed E-state index contributed by atoms with van der Waals surface area (Å²) in [4.78, 5) is 14.9. The van der Waals surface area contributed by atoms with E-state index in [0.717, 1.165) is 37.1 Å². The fourth-order valence-corrected chi connectivity index (χ4v) is 5.37. The van der Waals surface area contributed by atoms with Gasteiger partial charge < -0.3 is 4.90 Å². The van der Waals surface area contributed by atoms with Gasteiger partial charge in [0.25, 0.3) is 15.9 Å². The fourth-order valence-electron chi connectivity index (χ4n) is 3.87. The highest BCUT2D eigenvalue weighted by Crippen LogP contribution is 2.34. The van der Waals surface area contributed by atoms with Crippen LogP contribution in [0, 0.1) is 6.92 Å². The summed E-state index contributed by atoms with van der Waals surface area (Å²) in [6.07, 6.45) is 3.92. The maximum atomic E-state index is 13.0. The molecule has 1 saturated heterocycles. The van der Waals surface area contributed by atoms with Gasteiger partial charge in [-0.2, -0.15) is 0 Å². The van der Waals surface area contributed by atoms with Crippen molar-refractivity contribution in [3.63, 3.8) is 0 Å². The van der Waals surface area contributed by atoms with Crippen LogP contribution in [-0.4, -0.2) is 38.9 Å². The van der Waals surface area contributed by atoms with Crippen LogP contribution in [0.5, 0.6) is 0 Å². The summed E-state index contributed by atoms with van der Waals surface area (Å²) >= 11 is 0. The van der Waals surface area contributed by atoms with Crippen molar-refractivity contribution in [2.75, 3.05) is 23.9 Å². The fraction of sp³-hybridized carbons (Fsp3) is 0.381. The number of amides is 1. The lowest BCUT2D eigenvalue weighted by Gasteiger charge is -2.27. The molecule has 0 bridgehead atoms. The van der Waals surface area contributed by atoms with Gasteiger partial charge in [0, 0.05) is 25.2 Å². The molecule has 0 unspecified atom stereocenters. The Labute approximate surface area is 160 Å². The van der Waals surface area contributed by atoms with Gasteiger partial charge in [0.1, 0.15) is 0 Å². The zero-order valence-corrected chi connectivity index (χ0v) is 16.3. The molecular formula is C21H24N2O3S. The van der Waals surface area contributed by atoms with E-state index in [1.165, 1.54) is 10.7 Å². The van der Waals surface area contributed by atoms with E-state index in [1.54, 1.807) is 24.3 Å². The number of carbonyl (C=O) groups excluding carboxylic acids is 1. The van der Waals surface area contributed by atoms with E-state index in [0.29, 0.717) is 29.1 Å². The average molecular weight is 385 g/mol. The first-order chi connectivity index (χ1) is 13.0. The molecule has 0 N–H and O–H groups in total. The SMILES string of the molecule is Cc1ccc(S(=O)(=O)N2CCc3cc(C(=O)N4CCCCC4)ccc32)cc1.